The van der Waals surface area contributed by atoms with Gasteiger partial charge in [0, 0.05) is 41.3 Å². The molecule has 0 aliphatic rings. The molecule has 0 aliphatic heterocycles. The highest BCUT2D eigenvalue weighted by Crippen LogP contribution is 2.28. The Hall–Kier alpha value is -2.57. The van der Waals surface area contributed by atoms with Gasteiger partial charge in [0.2, 0.25) is 0 Å². The van der Waals surface area contributed by atoms with Crippen molar-refractivity contribution in [2.45, 2.75) is 26.0 Å². The van der Waals surface area contributed by atoms with Crippen LogP contribution in [0.15, 0.2) is 30.3 Å². The molecule has 172 valence electrons. The lowest BCUT2D eigenvalue weighted by Gasteiger charge is -2.16. The molecular formula is C20H31N6O4S-. The van der Waals surface area contributed by atoms with Crippen molar-refractivity contribution in [1.82, 2.24) is 9.29 Å². The summed E-state index contributed by atoms with van der Waals surface area (Å²) in [6.07, 6.45) is 0.496. The molecule has 0 spiro atoms. The minimum atomic E-state index is -2.03. The predicted octanol–water partition coefficient (Wildman–Crippen LogP) is 1.19. The van der Waals surface area contributed by atoms with Crippen LogP contribution < -0.4 is 21.5 Å². The second-order valence-corrected chi connectivity index (χ2v) is 8.22. The zero-order chi connectivity index (χ0) is 23.6. The van der Waals surface area contributed by atoms with Gasteiger partial charge in [0.1, 0.15) is 24.3 Å². The normalized spacial score (nSPS) is 12.7. The van der Waals surface area contributed by atoms with Crippen LogP contribution in [0.1, 0.15) is 19.4 Å². The summed E-state index contributed by atoms with van der Waals surface area (Å²) >= 11 is -2.03. The first-order chi connectivity index (χ1) is 14.6. The highest BCUT2D eigenvalue weighted by atomic mass is 32.2. The van der Waals surface area contributed by atoms with Gasteiger partial charge in [0.25, 0.3) is 0 Å². The maximum absolute atomic E-state index is 9.62. The highest BCUT2D eigenvalue weighted by molar-refractivity contribution is 7.76. The SMILES string of the molecule is CC(C)Nc1nc(-c2cccc(OCC(O)CN)c2)cc(N)c1C=N.CN(C)S(=O)[O-]. The second kappa shape index (κ2) is 13.0. The minimum Gasteiger partial charge on any atom is -0.760 e. The summed E-state index contributed by atoms with van der Waals surface area (Å²) in [4.78, 5) is 4.60. The van der Waals surface area contributed by atoms with E-state index in [4.69, 9.17) is 21.6 Å². The van der Waals surface area contributed by atoms with Gasteiger partial charge in [-0.1, -0.05) is 12.1 Å². The third-order valence-corrected chi connectivity index (χ3v) is 4.40. The molecule has 10 nitrogen and oxygen atoms in total. The molecule has 2 rings (SSSR count). The number of anilines is 2. The fourth-order valence-electron chi connectivity index (χ4n) is 2.26. The van der Waals surface area contributed by atoms with Crippen molar-refractivity contribution in [2.75, 3.05) is 38.3 Å². The summed E-state index contributed by atoms with van der Waals surface area (Å²) in [6, 6.07) is 9.27. The van der Waals surface area contributed by atoms with Crippen molar-refractivity contribution >= 4 is 29.0 Å². The van der Waals surface area contributed by atoms with Gasteiger partial charge >= 0.3 is 0 Å². The average Bonchev–Trinajstić information content (AvgIpc) is 2.72. The van der Waals surface area contributed by atoms with E-state index in [0.717, 1.165) is 9.87 Å². The van der Waals surface area contributed by atoms with Gasteiger partial charge in [0.15, 0.2) is 0 Å². The maximum Gasteiger partial charge on any atom is 0.137 e. The van der Waals surface area contributed by atoms with Gasteiger partial charge in [-0.2, -0.15) is 0 Å². The van der Waals surface area contributed by atoms with Crippen molar-refractivity contribution < 1.29 is 18.6 Å². The third-order valence-electron chi connectivity index (χ3n) is 3.80. The van der Waals surface area contributed by atoms with Crippen molar-refractivity contribution in [3.05, 3.63) is 35.9 Å². The van der Waals surface area contributed by atoms with Crippen LogP contribution in [-0.4, -0.2) is 68.8 Å². The van der Waals surface area contributed by atoms with Crippen LogP contribution in [0.4, 0.5) is 11.5 Å². The van der Waals surface area contributed by atoms with E-state index in [-0.39, 0.29) is 19.2 Å². The van der Waals surface area contributed by atoms with E-state index in [1.54, 1.807) is 12.1 Å². The predicted molar refractivity (Wildman–Crippen MR) is 124 cm³/mol. The van der Waals surface area contributed by atoms with Crippen LogP contribution in [0.3, 0.4) is 0 Å². The number of nitrogen functional groups attached to an aromatic ring is 1. The van der Waals surface area contributed by atoms with E-state index in [1.165, 1.54) is 20.3 Å². The topological polar surface area (TPSA) is 174 Å². The molecule has 0 radical (unpaired) electrons. The number of aliphatic hydroxyl groups excluding tert-OH is 1. The van der Waals surface area contributed by atoms with Crippen LogP contribution in [-0.2, 0) is 11.3 Å². The molecule has 1 heterocycles. The minimum absolute atomic E-state index is 0.127. The van der Waals surface area contributed by atoms with Crippen LogP contribution >= 0.6 is 0 Å². The van der Waals surface area contributed by atoms with E-state index in [2.05, 4.69) is 10.3 Å². The fourth-order valence-corrected chi connectivity index (χ4v) is 2.26. The third kappa shape index (κ3) is 8.99. The van der Waals surface area contributed by atoms with E-state index in [1.807, 2.05) is 32.0 Å². The number of aliphatic hydroxyl groups is 1. The summed E-state index contributed by atoms with van der Waals surface area (Å²) in [7, 11) is 2.92. The molecule has 1 aromatic heterocycles. The highest BCUT2D eigenvalue weighted by Gasteiger charge is 2.12. The lowest BCUT2D eigenvalue weighted by Crippen LogP contribution is -2.26. The number of nitrogens with two attached hydrogens (primary N) is 2. The molecule has 31 heavy (non-hydrogen) atoms. The maximum atomic E-state index is 9.62. The quantitative estimate of drug-likeness (QED) is 0.279. The van der Waals surface area contributed by atoms with Gasteiger partial charge in [0.05, 0.1) is 11.3 Å². The van der Waals surface area contributed by atoms with Crippen LogP contribution in [0.2, 0.25) is 0 Å². The van der Waals surface area contributed by atoms with Gasteiger partial charge in [-0.15, -0.1) is 0 Å². The molecule has 2 unspecified atom stereocenters. The lowest BCUT2D eigenvalue weighted by molar-refractivity contribution is 0.114. The van der Waals surface area contributed by atoms with E-state index < -0.39 is 17.4 Å². The first-order valence-corrected chi connectivity index (χ1v) is 10.6. The summed E-state index contributed by atoms with van der Waals surface area (Å²) < 4.78 is 25.9. The van der Waals surface area contributed by atoms with E-state index in [9.17, 15) is 13.9 Å². The van der Waals surface area contributed by atoms with Crippen molar-refractivity contribution in [3.8, 4) is 17.0 Å². The summed E-state index contributed by atoms with van der Waals surface area (Å²) in [5, 5.41) is 20.3. The average molecular weight is 452 g/mol. The summed E-state index contributed by atoms with van der Waals surface area (Å²) in [6.45, 7) is 4.26. The lowest BCUT2D eigenvalue weighted by atomic mass is 10.1. The standard InChI is InChI=1S/C18H25N5O2.C2H7NO2S/c1-11(2)22-18-15(9-20)16(21)7-17(23-18)12-4-3-5-14(6-12)25-10-13(24)8-19;1-3(2)6(4)5/h3-7,9,11,13,20,24H,8,10,19H2,1-2H3,(H3,21,22,23);1-2H3,(H,4,5)/p-1. The molecule has 0 saturated carbocycles. The number of nitrogens with one attached hydrogen (secondary N) is 2. The number of hydrogen-bond acceptors (Lipinski definition) is 9. The Morgan fingerprint density at radius 2 is 2.03 bits per heavy atom. The van der Waals surface area contributed by atoms with Gasteiger partial charge in [-0.25, -0.2) is 9.29 Å². The van der Waals surface area contributed by atoms with E-state index >= 15 is 0 Å². The molecule has 0 fully saturated rings. The number of ether oxygens (including phenoxy) is 1. The molecule has 0 saturated heterocycles. The Kier molecular flexibility index (Phi) is 11.1. The number of benzene rings is 1. The first kappa shape index (κ1) is 26.5. The monoisotopic (exact) mass is 451 g/mol. The molecular weight excluding hydrogens is 420 g/mol. The summed E-state index contributed by atoms with van der Waals surface area (Å²) in [5.74, 6) is 1.18. The zero-order valence-corrected chi connectivity index (χ0v) is 19.0. The fraction of sp³-hybridized carbons (Fsp3) is 0.400. The smallest absolute Gasteiger partial charge is 0.137 e. The number of rotatable bonds is 9. The van der Waals surface area contributed by atoms with Crippen LogP contribution in [0, 0.1) is 5.41 Å². The zero-order valence-electron chi connectivity index (χ0n) is 18.2. The molecule has 0 aliphatic carbocycles. The number of nitrogens with zero attached hydrogens (tertiary/aromatic N) is 2. The van der Waals surface area contributed by atoms with Gasteiger partial charge in [-0.3, -0.25) is 4.21 Å². The number of aromatic nitrogens is 1. The second-order valence-electron chi connectivity index (χ2n) is 7.06. The Bertz CT molecular complexity index is 879. The number of pyridine rings is 1. The van der Waals surface area contributed by atoms with Gasteiger partial charge < -0.3 is 36.6 Å². The Balaban J connectivity index is 0.000000703. The van der Waals surface area contributed by atoms with Crippen LogP contribution in [0.25, 0.3) is 11.3 Å². The molecule has 0 bridgehead atoms. The largest absolute Gasteiger partial charge is 0.760 e. The van der Waals surface area contributed by atoms with Crippen LogP contribution in [0.5, 0.6) is 5.75 Å². The Labute approximate surface area is 185 Å². The Morgan fingerprint density at radius 1 is 1.39 bits per heavy atom. The first-order valence-electron chi connectivity index (χ1n) is 9.54. The molecule has 0 amide bonds. The van der Waals surface area contributed by atoms with Crippen molar-refractivity contribution in [2.24, 2.45) is 5.73 Å². The Morgan fingerprint density at radius 3 is 2.55 bits per heavy atom. The van der Waals surface area contributed by atoms with Crippen molar-refractivity contribution in [3.63, 3.8) is 0 Å². The number of hydrogen-bond donors (Lipinski definition) is 5. The summed E-state index contributed by atoms with van der Waals surface area (Å²) in [5.41, 5.74) is 14.0. The van der Waals surface area contributed by atoms with Crippen molar-refractivity contribution in [1.29, 1.82) is 5.41 Å². The van der Waals surface area contributed by atoms with E-state index in [0.29, 0.717) is 28.5 Å². The molecule has 7 N–H and O–H groups in total. The molecule has 11 heteroatoms. The molecule has 2 aromatic rings. The van der Waals surface area contributed by atoms with Gasteiger partial charge in [-0.05, 0) is 46.1 Å². The molecule has 2 atom stereocenters. The molecule has 1 aromatic carbocycles.